The van der Waals surface area contributed by atoms with Crippen molar-refractivity contribution in [2.75, 3.05) is 39.6 Å². The van der Waals surface area contributed by atoms with Gasteiger partial charge in [-0.05, 0) is 61.5 Å². The Kier molecular flexibility index (Phi) is 14.5. The smallest absolute Gasteiger partial charge is 0.306 e. The lowest BCUT2D eigenvalue weighted by atomic mass is 9.71. The average molecular weight is 736 g/mol. The van der Waals surface area contributed by atoms with Crippen molar-refractivity contribution in [3.05, 3.63) is 71.8 Å². The fourth-order valence-corrected chi connectivity index (χ4v) is 9.08. The van der Waals surface area contributed by atoms with Crippen LogP contribution in [0.15, 0.2) is 60.7 Å². The summed E-state index contributed by atoms with van der Waals surface area (Å²) in [5, 5.41) is 19.8. The molecule has 3 saturated carbocycles. The highest BCUT2D eigenvalue weighted by Crippen LogP contribution is 2.39. The molecule has 6 fully saturated rings. The first kappa shape index (κ1) is 39.5. The molecule has 290 valence electrons. The summed E-state index contributed by atoms with van der Waals surface area (Å²) in [6.07, 6.45) is 5.55. The molecule has 11 heteroatoms. The van der Waals surface area contributed by atoms with E-state index in [9.17, 15) is 24.6 Å². The number of fused-ring (bicyclic) bond motifs is 6. The number of hydrogen-bond donors (Lipinski definition) is 3. The standard InChI is InChI=1S/C17H22O4.C17H20O4.C8H15NO2/c2*18-16(21-9-12-4-2-1-3-5-12)8-13-6-14-10-20-11-15(7-13)17(14)19;9-7-1-5-3-11-4-6(2-7)8(5)10/h1-5,13-15,17,19H,6-11H2;1-5,13-15H,6-11H2;5-8,10H,1-4,9H2. The Balaban J connectivity index is 0.000000143. The highest BCUT2D eigenvalue weighted by Gasteiger charge is 2.42. The zero-order valence-corrected chi connectivity index (χ0v) is 30.7. The Bertz CT molecular complexity index is 1410. The molecular formula is C42H57NO10. The maximum atomic E-state index is 12.0. The number of nitrogens with two attached hydrogens (primary N) is 1. The van der Waals surface area contributed by atoms with E-state index < -0.39 is 0 Å². The van der Waals surface area contributed by atoms with Crippen LogP contribution in [0.5, 0.6) is 0 Å². The summed E-state index contributed by atoms with van der Waals surface area (Å²) in [7, 11) is 0. The molecule has 2 aromatic rings. The number of esters is 2. The molecule has 0 aromatic heterocycles. The molecule has 4 N–H and O–H groups in total. The summed E-state index contributed by atoms with van der Waals surface area (Å²) in [6, 6.07) is 19.7. The van der Waals surface area contributed by atoms with Crippen LogP contribution in [0.2, 0.25) is 0 Å². The first-order valence-corrected chi connectivity index (χ1v) is 19.5. The van der Waals surface area contributed by atoms with Crippen molar-refractivity contribution >= 4 is 17.7 Å². The monoisotopic (exact) mass is 735 g/mol. The van der Waals surface area contributed by atoms with Crippen LogP contribution in [0.3, 0.4) is 0 Å². The molecule has 6 unspecified atom stereocenters. The number of carbonyl (C=O) groups is 3. The van der Waals surface area contributed by atoms with E-state index in [1.54, 1.807) is 0 Å². The minimum atomic E-state index is -0.254. The lowest BCUT2D eigenvalue weighted by Crippen LogP contribution is -2.49. The molecule has 6 bridgehead atoms. The van der Waals surface area contributed by atoms with Gasteiger partial charge in [-0.1, -0.05) is 60.7 Å². The number of hydrogen-bond acceptors (Lipinski definition) is 11. The lowest BCUT2D eigenvalue weighted by Gasteiger charge is -2.42. The normalized spacial score (nSPS) is 34.2. The summed E-state index contributed by atoms with van der Waals surface area (Å²) in [4.78, 5) is 35.9. The summed E-state index contributed by atoms with van der Waals surface area (Å²) < 4.78 is 26.9. The molecule has 3 aliphatic heterocycles. The first-order valence-electron chi connectivity index (χ1n) is 19.5. The fraction of sp³-hybridized carbons (Fsp3) is 0.643. The molecule has 3 saturated heterocycles. The first-order chi connectivity index (χ1) is 25.7. The second-order valence-corrected chi connectivity index (χ2v) is 16.0. The topological polar surface area (TPSA) is 164 Å². The van der Waals surface area contributed by atoms with Crippen molar-refractivity contribution in [1.82, 2.24) is 0 Å². The van der Waals surface area contributed by atoms with Gasteiger partial charge in [-0.2, -0.15) is 0 Å². The van der Waals surface area contributed by atoms with Gasteiger partial charge in [-0.15, -0.1) is 0 Å². The Labute approximate surface area is 312 Å². The van der Waals surface area contributed by atoms with Crippen molar-refractivity contribution in [2.24, 2.45) is 53.1 Å². The molecular weight excluding hydrogens is 678 g/mol. The summed E-state index contributed by atoms with van der Waals surface area (Å²) in [5.41, 5.74) is 7.83. The van der Waals surface area contributed by atoms with Crippen LogP contribution < -0.4 is 5.73 Å². The van der Waals surface area contributed by atoms with Crippen LogP contribution in [-0.4, -0.2) is 85.8 Å². The van der Waals surface area contributed by atoms with Gasteiger partial charge in [0.2, 0.25) is 0 Å². The van der Waals surface area contributed by atoms with Crippen molar-refractivity contribution < 1.29 is 48.3 Å². The SMILES string of the molecule is NC1CC2COCC(C1)C2O.O=C(CC1CC2COCC(C1)C2=O)OCc1ccccc1.O=C(CC1CC2COCC(C1)C2O)OCc1ccccc1. The summed E-state index contributed by atoms with van der Waals surface area (Å²) in [5.74, 6) is 1.55. The zero-order chi connectivity index (χ0) is 37.2. The van der Waals surface area contributed by atoms with E-state index in [4.69, 9.17) is 29.4 Å². The third-order valence-corrected chi connectivity index (χ3v) is 11.8. The molecule has 6 atom stereocenters. The van der Waals surface area contributed by atoms with E-state index in [-0.39, 0.29) is 59.8 Å². The molecule has 11 nitrogen and oxygen atoms in total. The second-order valence-electron chi connectivity index (χ2n) is 16.0. The molecule has 0 radical (unpaired) electrons. The molecule has 0 spiro atoms. The Morgan fingerprint density at radius 2 is 0.962 bits per heavy atom. The minimum absolute atomic E-state index is 0.00979. The zero-order valence-electron chi connectivity index (χ0n) is 30.7. The van der Waals surface area contributed by atoms with Crippen LogP contribution in [0, 0.1) is 47.3 Å². The quantitative estimate of drug-likeness (QED) is 0.332. The number of ketones is 1. The van der Waals surface area contributed by atoms with E-state index in [2.05, 4.69) is 0 Å². The fourth-order valence-electron chi connectivity index (χ4n) is 9.08. The molecule has 8 rings (SSSR count). The van der Waals surface area contributed by atoms with Gasteiger partial charge in [-0.25, -0.2) is 0 Å². The summed E-state index contributed by atoms with van der Waals surface area (Å²) >= 11 is 0. The van der Waals surface area contributed by atoms with Crippen molar-refractivity contribution in [3.8, 4) is 0 Å². The number of ether oxygens (including phenoxy) is 5. The predicted octanol–water partition coefficient (Wildman–Crippen LogP) is 4.25. The molecule has 3 heterocycles. The molecule has 2 aromatic carbocycles. The Hall–Kier alpha value is -3.19. The van der Waals surface area contributed by atoms with Gasteiger partial charge in [0.05, 0.1) is 51.8 Å². The molecule has 0 amide bonds. The molecule has 3 aliphatic carbocycles. The number of Topliss-reactive ketones (excluding diaryl/α,β-unsaturated/α-hetero) is 1. The van der Waals surface area contributed by atoms with Crippen LogP contribution in [0.25, 0.3) is 0 Å². The summed E-state index contributed by atoms with van der Waals surface area (Å²) in [6.45, 7) is 4.33. The Morgan fingerprint density at radius 3 is 1.40 bits per heavy atom. The van der Waals surface area contributed by atoms with Gasteiger partial charge in [0.25, 0.3) is 0 Å². The maximum Gasteiger partial charge on any atom is 0.306 e. The van der Waals surface area contributed by atoms with Gasteiger partial charge >= 0.3 is 11.9 Å². The minimum Gasteiger partial charge on any atom is -0.461 e. The van der Waals surface area contributed by atoms with Gasteiger partial charge < -0.3 is 39.6 Å². The average Bonchev–Trinajstić information content (AvgIpc) is 3.13. The van der Waals surface area contributed by atoms with Crippen LogP contribution in [0.1, 0.15) is 62.5 Å². The third-order valence-electron chi connectivity index (χ3n) is 11.8. The Morgan fingerprint density at radius 1 is 0.585 bits per heavy atom. The van der Waals surface area contributed by atoms with Crippen molar-refractivity contribution in [1.29, 1.82) is 0 Å². The van der Waals surface area contributed by atoms with Crippen LogP contribution in [-0.2, 0) is 51.3 Å². The van der Waals surface area contributed by atoms with E-state index in [1.807, 2.05) is 60.7 Å². The third kappa shape index (κ3) is 11.4. The van der Waals surface area contributed by atoms with E-state index in [0.717, 1.165) is 49.7 Å². The number of aliphatic hydroxyl groups excluding tert-OH is 2. The highest BCUT2D eigenvalue weighted by atomic mass is 16.5. The van der Waals surface area contributed by atoms with E-state index in [1.165, 1.54) is 0 Å². The van der Waals surface area contributed by atoms with E-state index in [0.29, 0.717) is 89.2 Å². The van der Waals surface area contributed by atoms with Gasteiger partial charge in [0.15, 0.2) is 0 Å². The predicted molar refractivity (Wildman–Crippen MR) is 195 cm³/mol. The number of benzene rings is 2. The van der Waals surface area contributed by atoms with Gasteiger partial charge in [0.1, 0.15) is 19.0 Å². The largest absolute Gasteiger partial charge is 0.461 e. The number of rotatable bonds is 8. The van der Waals surface area contributed by atoms with Crippen molar-refractivity contribution in [2.45, 2.75) is 82.8 Å². The van der Waals surface area contributed by atoms with Crippen molar-refractivity contribution in [3.63, 3.8) is 0 Å². The van der Waals surface area contributed by atoms with Crippen LogP contribution in [0.4, 0.5) is 0 Å². The van der Waals surface area contributed by atoms with Gasteiger partial charge in [-0.3, -0.25) is 14.4 Å². The second kappa shape index (κ2) is 19.4. The van der Waals surface area contributed by atoms with Crippen LogP contribution >= 0.6 is 0 Å². The number of carbonyl (C=O) groups excluding carboxylic acids is 3. The molecule has 6 aliphatic rings. The number of aliphatic hydroxyl groups is 2. The lowest BCUT2D eigenvalue weighted by molar-refractivity contribution is -0.151. The van der Waals surface area contributed by atoms with E-state index >= 15 is 0 Å². The maximum absolute atomic E-state index is 12.0. The highest BCUT2D eigenvalue weighted by molar-refractivity contribution is 5.85. The van der Waals surface area contributed by atoms with Gasteiger partial charge in [0, 0.05) is 54.4 Å². The molecule has 53 heavy (non-hydrogen) atoms.